The number of aryl methyl sites for hydroxylation is 1. The van der Waals surface area contributed by atoms with Crippen molar-refractivity contribution >= 4 is 0 Å². The molecule has 1 heterocycles. The summed E-state index contributed by atoms with van der Waals surface area (Å²) in [5.41, 5.74) is 1.01. The van der Waals surface area contributed by atoms with Gasteiger partial charge in [0.2, 0.25) is 0 Å². The molecule has 0 saturated carbocycles. The van der Waals surface area contributed by atoms with Crippen LogP contribution in [-0.2, 0) is 11.2 Å². The topological polar surface area (TPSA) is 35.3 Å². The zero-order valence-corrected chi connectivity index (χ0v) is 8.32. The molecule has 0 atom stereocenters. The molecule has 0 fully saturated rings. The quantitative estimate of drug-likeness (QED) is 0.635. The van der Waals surface area contributed by atoms with Gasteiger partial charge in [0, 0.05) is 19.3 Å². The lowest BCUT2D eigenvalue weighted by atomic mass is 10.2. The average Bonchev–Trinajstić information content (AvgIpc) is 2.55. The summed E-state index contributed by atoms with van der Waals surface area (Å²) in [5, 5.41) is 3.82. The normalized spacial score (nSPS) is 11.0. The molecule has 0 radical (unpaired) electrons. The zero-order valence-electron chi connectivity index (χ0n) is 8.32. The van der Waals surface area contributed by atoms with Crippen LogP contribution in [0.25, 0.3) is 0 Å². The molecule has 0 aliphatic carbocycles. The van der Waals surface area contributed by atoms with Gasteiger partial charge in [-0.05, 0) is 18.8 Å². The summed E-state index contributed by atoms with van der Waals surface area (Å²) >= 11 is 0. The van der Waals surface area contributed by atoms with E-state index in [1.807, 2.05) is 6.07 Å². The molecule has 0 amide bonds. The van der Waals surface area contributed by atoms with Crippen LogP contribution < -0.4 is 0 Å². The van der Waals surface area contributed by atoms with Crippen molar-refractivity contribution in [1.29, 1.82) is 0 Å². The third-order valence-electron chi connectivity index (χ3n) is 1.66. The van der Waals surface area contributed by atoms with Gasteiger partial charge < -0.3 is 9.26 Å². The molecular weight excluding hydrogens is 166 g/mol. The molecule has 0 aliphatic heterocycles. The van der Waals surface area contributed by atoms with E-state index >= 15 is 0 Å². The lowest BCUT2D eigenvalue weighted by Gasteiger charge is -2.05. The molecular formula is C10H17NO2. The van der Waals surface area contributed by atoms with Crippen LogP contribution in [0, 0.1) is 5.92 Å². The van der Waals surface area contributed by atoms with Gasteiger partial charge in [0.05, 0.1) is 5.69 Å². The van der Waals surface area contributed by atoms with Gasteiger partial charge in [-0.2, -0.15) is 0 Å². The fourth-order valence-electron chi connectivity index (χ4n) is 1.04. The van der Waals surface area contributed by atoms with Gasteiger partial charge in [0.25, 0.3) is 0 Å². The summed E-state index contributed by atoms with van der Waals surface area (Å²) in [5.74, 6) is 0.618. The Morgan fingerprint density at radius 1 is 1.54 bits per heavy atom. The highest BCUT2D eigenvalue weighted by molar-refractivity contribution is 4.94. The van der Waals surface area contributed by atoms with Crippen molar-refractivity contribution in [2.45, 2.75) is 26.7 Å². The summed E-state index contributed by atoms with van der Waals surface area (Å²) in [7, 11) is 0. The molecule has 0 N–H and O–H groups in total. The first-order valence-electron chi connectivity index (χ1n) is 4.76. The summed E-state index contributed by atoms with van der Waals surface area (Å²) in [4.78, 5) is 0. The van der Waals surface area contributed by atoms with E-state index in [0.717, 1.165) is 31.7 Å². The minimum absolute atomic E-state index is 0.618. The minimum atomic E-state index is 0.618. The highest BCUT2D eigenvalue weighted by Crippen LogP contribution is 2.00. The number of ether oxygens (including phenoxy) is 1. The summed E-state index contributed by atoms with van der Waals surface area (Å²) in [6.45, 7) is 5.96. The van der Waals surface area contributed by atoms with Gasteiger partial charge in [-0.1, -0.05) is 19.0 Å². The van der Waals surface area contributed by atoms with E-state index in [4.69, 9.17) is 9.26 Å². The third kappa shape index (κ3) is 4.68. The predicted octanol–water partition coefficient (Wildman–Crippen LogP) is 2.28. The molecule has 1 aromatic rings. The van der Waals surface area contributed by atoms with Crippen LogP contribution >= 0.6 is 0 Å². The lowest BCUT2D eigenvalue weighted by molar-refractivity contribution is 0.108. The van der Waals surface area contributed by atoms with Crippen LogP contribution in [0.4, 0.5) is 0 Å². The van der Waals surface area contributed by atoms with E-state index in [9.17, 15) is 0 Å². The van der Waals surface area contributed by atoms with Crippen LogP contribution in [0.5, 0.6) is 0 Å². The fourth-order valence-corrected chi connectivity index (χ4v) is 1.04. The molecule has 0 bridgehead atoms. The van der Waals surface area contributed by atoms with E-state index < -0.39 is 0 Å². The summed E-state index contributed by atoms with van der Waals surface area (Å²) in [6.07, 6.45) is 3.55. The largest absolute Gasteiger partial charge is 0.381 e. The van der Waals surface area contributed by atoms with E-state index in [0.29, 0.717) is 5.92 Å². The second kappa shape index (κ2) is 5.75. The molecule has 0 aliphatic rings. The number of hydrogen-bond donors (Lipinski definition) is 0. The van der Waals surface area contributed by atoms with E-state index in [1.165, 1.54) is 0 Å². The number of nitrogens with zero attached hydrogens (tertiary/aromatic N) is 1. The van der Waals surface area contributed by atoms with Crippen LogP contribution in [0.15, 0.2) is 16.9 Å². The fraction of sp³-hybridized carbons (Fsp3) is 0.700. The van der Waals surface area contributed by atoms with Crippen molar-refractivity contribution < 1.29 is 9.26 Å². The summed E-state index contributed by atoms with van der Waals surface area (Å²) < 4.78 is 10.2. The Hall–Kier alpha value is -0.830. The maximum atomic E-state index is 5.43. The number of rotatable bonds is 6. The number of hydrogen-bond acceptors (Lipinski definition) is 3. The van der Waals surface area contributed by atoms with Gasteiger partial charge in [0.15, 0.2) is 0 Å². The molecule has 0 unspecified atom stereocenters. The Kier molecular flexibility index (Phi) is 4.54. The Morgan fingerprint density at radius 2 is 2.38 bits per heavy atom. The lowest BCUT2D eigenvalue weighted by Crippen LogP contribution is -2.03. The van der Waals surface area contributed by atoms with Crippen molar-refractivity contribution in [2.75, 3.05) is 13.2 Å². The highest BCUT2D eigenvalue weighted by Gasteiger charge is 1.97. The smallest absolute Gasteiger partial charge is 0.124 e. The molecule has 1 aromatic heterocycles. The van der Waals surface area contributed by atoms with Crippen LogP contribution in [0.2, 0.25) is 0 Å². The first-order valence-corrected chi connectivity index (χ1v) is 4.76. The predicted molar refractivity (Wildman–Crippen MR) is 50.5 cm³/mol. The summed E-state index contributed by atoms with van der Waals surface area (Å²) in [6, 6.07) is 1.89. The molecule has 1 rings (SSSR count). The molecule has 13 heavy (non-hydrogen) atoms. The van der Waals surface area contributed by atoms with Crippen molar-refractivity contribution in [2.24, 2.45) is 5.92 Å². The molecule has 0 aromatic carbocycles. The van der Waals surface area contributed by atoms with Crippen molar-refractivity contribution in [3.63, 3.8) is 0 Å². The van der Waals surface area contributed by atoms with Crippen LogP contribution in [0.1, 0.15) is 26.0 Å². The van der Waals surface area contributed by atoms with E-state index in [-0.39, 0.29) is 0 Å². The zero-order chi connectivity index (χ0) is 9.52. The van der Waals surface area contributed by atoms with Crippen LogP contribution in [-0.4, -0.2) is 18.4 Å². The molecule has 74 valence electrons. The molecule has 0 spiro atoms. The van der Waals surface area contributed by atoms with Gasteiger partial charge in [-0.15, -0.1) is 0 Å². The highest BCUT2D eigenvalue weighted by atomic mass is 16.5. The van der Waals surface area contributed by atoms with Gasteiger partial charge in [-0.25, -0.2) is 0 Å². The average molecular weight is 183 g/mol. The maximum absolute atomic E-state index is 5.43. The first-order chi connectivity index (χ1) is 6.29. The Labute approximate surface area is 79.1 Å². The van der Waals surface area contributed by atoms with Gasteiger partial charge >= 0.3 is 0 Å². The monoisotopic (exact) mass is 183 g/mol. The van der Waals surface area contributed by atoms with Crippen LogP contribution in [0.3, 0.4) is 0 Å². The molecule has 0 saturated heterocycles. The number of aromatic nitrogens is 1. The van der Waals surface area contributed by atoms with Crippen molar-refractivity contribution in [1.82, 2.24) is 5.16 Å². The Bertz CT molecular complexity index is 207. The SMILES string of the molecule is CC(C)COCCCc1ccon1. The van der Waals surface area contributed by atoms with E-state index in [1.54, 1.807) is 6.26 Å². The minimum Gasteiger partial charge on any atom is -0.381 e. The standard InChI is InChI=1S/C10H17NO2/c1-9(2)8-12-6-3-4-10-5-7-13-11-10/h5,7,9H,3-4,6,8H2,1-2H3. The van der Waals surface area contributed by atoms with Gasteiger partial charge in [-0.3, -0.25) is 0 Å². The second-order valence-electron chi connectivity index (χ2n) is 3.56. The molecule has 3 nitrogen and oxygen atoms in total. The maximum Gasteiger partial charge on any atom is 0.124 e. The van der Waals surface area contributed by atoms with Gasteiger partial charge in [0.1, 0.15) is 6.26 Å². The van der Waals surface area contributed by atoms with Crippen molar-refractivity contribution in [3.05, 3.63) is 18.0 Å². The Balaban J connectivity index is 1.96. The first kappa shape index (κ1) is 10.3. The third-order valence-corrected chi connectivity index (χ3v) is 1.66. The van der Waals surface area contributed by atoms with E-state index in [2.05, 4.69) is 19.0 Å². The Morgan fingerprint density at radius 3 is 3.00 bits per heavy atom. The van der Waals surface area contributed by atoms with Crippen molar-refractivity contribution in [3.8, 4) is 0 Å². The second-order valence-corrected chi connectivity index (χ2v) is 3.56. The molecule has 3 heteroatoms.